The molecule has 0 spiro atoms. The van der Waals surface area contributed by atoms with E-state index in [-0.39, 0.29) is 17.1 Å². The number of aromatic nitrogens is 3. The number of nitrogen functional groups attached to an aromatic ring is 1. The quantitative estimate of drug-likeness (QED) is 0.504. The molecule has 0 radical (unpaired) electrons. The lowest BCUT2D eigenvalue weighted by Crippen LogP contribution is -2.17. The number of hydrogen-bond acceptors (Lipinski definition) is 5. The van der Waals surface area contributed by atoms with Crippen LogP contribution in [-0.2, 0) is 10.2 Å². The van der Waals surface area contributed by atoms with Gasteiger partial charge >= 0.3 is 0 Å². The van der Waals surface area contributed by atoms with E-state index in [1.807, 2.05) is 55.5 Å². The van der Waals surface area contributed by atoms with Crippen LogP contribution in [0.5, 0.6) is 0 Å². The lowest BCUT2D eigenvalue weighted by molar-refractivity contribution is -0.113. The molecule has 3 rings (SSSR count). The van der Waals surface area contributed by atoms with E-state index in [2.05, 4.69) is 36.3 Å². The summed E-state index contributed by atoms with van der Waals surface area (Å²) < 4.78 is 1.43. The van der Waals surface area contributed by atoms with Crippen molar-refractivity contribution in [1.82, 2.24) is 14.9 Å². The maximum atomic E-state index is 12.3. The first-order chi connectivity index (χ1) is 13.3. The Kier molecular flexibility index (Phi) is 5.74. The molecule has 3 N–H and O–H groups in total. The fourth-order valence-corrected chi connectivity index (χ4v) is 3.42. The Bertz CT molecular complexity index is 973. The average Bonchev–Trinajstić information content (AvgIpc) is 3.00. The van der Waals surface area contributed by atoms with Crippen LogP contribution in [0.2, 0.25) is 0 Å². The van der Waals surface area contributed by atoms with E-state index in [9.17, 15) is 4.79 Å². The molecule has 6 nitrogen and oxygen atoms in total. The van der Waals surface area contributed by atoms with Gasteiger partial charge in [-0.3, -0.25) is 4.79 Å². The van der Waals surface area contributed by atoms with Crippen molar-refractivity contribution in [3.8, 4) is 11.4 Å². The summed E-state index contributed by atoms with van der Waals surface area (Å²) in [6, 6.07) is 15.8. The van der Waals surface area contributed by atoms with E-state index in [0.717, 1.165) is 16.8 Å². The molecule has 0 saturated carbocycles. The molecule has 0 fully saturated rings. The minimum Gasteiger partial charge on any atom is -0.335 e. The van der Waals surface area contributed by atoms with Gasteiger partial charge in [-0.2, -0.15) is 0 Å². The third-order valence-electron chi connectivity index (χ3n) is 4.42. The molecule has 1 amide bonds. The molecule has 28 heavy (non-hydrogen) atoms. The van der Waals surface area contributed by atoms with Gasteiger partial charge in [0, 0.05) is 11.3 Å². The second kappa shape index (κ2) is 8.06. The first kappa shape index (κ1) is 19.9. The predicted molar refractivity (Wildman–Crippen MR) is 115 cm³/mol. The van der Waals surface area contributed by atoms with Gasteiger partial charge in [-0.05, 0) is 35.6 Å². The Morgan fingerprint density at radius 1 is 1.11 bits per heavy atom. The SMILES string of the molecule is Cc1ccccc1-c1nnc(SCC(=O)Nc2ccc(C(C)(C)C)cc2)n1N. The van der Waals surface area contributed by atoms with E-state index < -0.39 is 0 Å². The minimum absolute atomic E-state index is 0.0818. The van der Waals surface area contributed by atoms with Crippen molar-refractivity contribution in [2.45, 2.75) is 38.3 Å². The van der Waals surface area contributed by atoms with E-state index >= 15 is 0 Å². The van der Waals surface area contributed by atoms with Crippen molar-refractivity contribution >= 4 is 23.4 Å². The van der Waals surface area contributed by atoms with Crippen LogP contribution in [0.3, 0.4) is 0 Å². The number of amides is 1. The Hall–Kier alpha value is -2.80. The summed E-state index contributed by atoms with van der Waals surface area (Å²) in [4.78, 5) is 12.3. The Morgan fingerprint density at radius 3 is 2.43 bits per heavy atom. The summed E-state index contributed by atoms with van der Waals surface area (Å²) in [6.07, 6.45) is 0. The van der Waals surface area contributed by atoms with Crippen molar-refractivity contribution in [1.29, 1.82) is 0 Å². The number of anilines is 1. The second-order valence-corrected chi connectivity index (χ2v) is 8.60. The van der Waals surface area contributed by atoms with Crippen LogP contribution in [-0.4, -0.2) is 26.5 Å². The zero-order valence-electron chi connectivity index (χ0n) is 16.6. The van der Waals surface area contributed by atoms with E-state index in [0.29, 0.717) is 11.0 Å². The summed E-state index contributed by atoms with van der Waals surface area (Å²) in [6.45, 7) is 8.47. The van der Waals surface area contributed by atoms with E-state index in [4.69, 9.17) is 5.84 Å². The lowest BCUT2D eigenvalue weighted by atomic mass is 9.87. The van der Waals surface area contributed by atoms with Gasteiger partial charge in [-0.15, -0.1) is 10.2 Å². The van der Waals surface area contributed by atoms with Crippen molar-refractivity contribution in [2.75, 3.05) is 16.9 Å². The fourth-order valence-electron chi connectivity index (χ4n) is 2.76. The van der Waals surface area contributed by atoms with Crippen LogP contribution in [0.15, 0.2) is 53.7 Å². The number of nitrogens with one attached hydrogen (secondary N) is 1. The number of carbonyl (C=O) groups excluding carboxylic acids is 1. The van der Waals surface area contributed by atoms with Gasteiger partial charge in [0.15, 0.2) is 5.82 Å². The standard InChI is InChI=1S/C21H25N5OS/c1-14-7-5-6-8-17(14)19-24-25-20(26(19)22)28-13-18(27)23-16-11-9-15(10-12-16)21(2,3)4/h5-12H,13,22H2,1-4H3,(H,23,27). The summed E-state index contributed by atoms with van der Waals surface area (Å²) in [5.41, 5.74) is 4.06. The second-order valence-electron chi connectivity index (χ2n) is 7.66. The largest absolute Gasteiger partial charge is 0.335 e. The van der Waals surface area contributed by atoms with E-state index in [1.54, 1.807) is 0 Å². The molecule has 0 aliphatic rings. The highest BCUT2D eigenvalue weighted by Gasteiger charge is 2.16. The van der Waals surface area contributed by atoms with Gasteiger partial charge in [0.1, 0.15) is 0 Å². The molecule has 0 bridgehead atoms. The van der Waals surface area contributed by atoms with Gasteiger partial charge in [-0.25, -0.2) is 4.68 Å². The predicted octanol–water partition coefficient (Wildman–Crippen LogP) is 4.00. The van der Waals surface area contributed by atoms with Crippen LogP contribution in [0.1, 0.15) is 31.9 Å². The number of hydrogen-bond donors (Lipinski definition) is 2. The van der Waals surface area contributed by atoms with Crippen molar-refractivity contribution in [2.24, 2.45) is 0 Å². The fraction of sp³-hybridized carbons (Fsp3) is 0.286. The topological polar surface area (TPSA) is 85.8 Å². The highest BCUT2D eigenvalue weighted by Crippen LogP contribution is 2.25. The van der Waals surface area contributed by atoms with E-state index in [1.165, 1.54) is 22.0 Å². The molecule has 3 aromatic rings. The van der Waals surface area contributed by atoms with Crippen LogP contribution in [0.25, 0.3) is 11.4 Å². The maximum Gasteiger partial charge on any atom is 0.234 e. The Balaban J connectivity index is 1.62. The zero-order valence-corrected chi connectivity index (χ0v) is 17.4. The van der Waals surface area contributed by atoms with Crippen LogP contribution < -0.4 is 11.2 Å². The molecule has 1 aromatic heterocycles. The third-order valence-corrected chi connectivity index (χ3v) is 5.36. The summed E-state index contributed by atoms with van der Waals surface area (Å²) in [7, 11) is 0. The number of thioether (sulfide) groups is 1. The van der Waals surface area contributed by atoms with Crippen molar-refractivity contribution in [3.05, 3.63) is 59.7 Å². The summed E-state index contributed by atoms with van der Waals surface area (Å²) in [5, 5.41) is 11.7. The molecule has 0 atom stereocenters. The first-order valence-corrected chi connectivity index (χ1v) is 10.0. The van der Waals surface area contributed by atoms with Gasteiger partial charge in [0.25, 0.3) is 0 Å². The van der Waals surface area contributed by atoms with Gasteiger partial charge < -0.3 is 11.2 Å². The molecule has 0 saturated heterocycles. The normalized spacial score (nSPS) is 11.4. The zero-order chi connectivity index (χ0) is 20.3. The van der Waals surface area contributed by atoms with Gasteiger partial charge in [-0.1, -0.05) is 68.9 Å². The molecule has 2 aromatic carbocycles. The van der Waals surface area contributed by atoms with Crippen LogP contribution >= 0.6 is 11.8 Å². The molecule has 0 aliphatic heterocycles. The highest BCUT2D eigenvalue weighted by atomic mass is 32.2. The molecule has 1 heterocycles. The van der Waals surface area contributed by atoms with Crippen LogP contribution in [0, 0.1) is 6.92 Å². The lowest BCUT2D eigenvalue weighted by Gasteiger charge is -2.19. The molecular weight excluding hydrogens is 370 g/mol. The smallest absolute Gasteiger partial charge is 0.234 e. The summed E-state index contributed by atoms with van der Waals surface area (Å²) >= 11 is 1.26. The van der Waals surface area contributed by atoms with Crippen molar-refractivity contribution < 1.29 is 4.79 Å². The minimum atomic E-state index is -0.117. The number of benzene rings is 2. The first-order valence-electron chi connectivity index (χ1n) is 9.05. The number of nitrogens with zero attached hydrogens (tertiary/aromatic N) is 3. The van der Waals surface area contributed by atoms with Gasteiger partial charge in [0.05, 0.1) is 5.75 Å². The van der Waals surface area contributed by atoms with Crippen molar-refractivity contribution in [3.63, 3.8) is 0 Å². The van der Waals surface area contributed by atoms with Gasteiger partial charge in [0.2, 0.25) is 11.1 Å². The molecule has 0 unspecified atom stereocenters. The average molecular weight is 396 g/mol. The summed E-state index contributed by atoms with van der Waals surface area (Å²) in [5.74, 6) is 6.80. The molecular formula is C21H25N5OS. The molecule has 7 heteroatoms. The molecule has 0 aliphatic carbocycles. The highest BCUT2D eigenvalue weighted by molar-refractivity contribution is 7.99. The number of aryl methyl sites for hydroxylation is 1. The molecule has 146 valence electrons. The monoisotopic (exact) mass is 395 g/mol. The number of rotatable bonds is 5. The van der Waals surface area contributed by atoms with Crippen LogP contribution in [0.4, 0.5) is 5.69 Å². The maximum absolute atomic E-state index is 12.3. The number of nitrogens with two attached hydrogens (primary N) is 1. The third kappa shape index (κ3) is 4.54. The number of carbonyl (C=O) groups is 1. The Labute approximate surface area is 169 Å². The Morgan fingerprint density at radius 2 is 1.79 bits per heavy atom.